The summed E-state index contributed by atoms with van der Waals surface area (Å²) in [5, 5.41) is 9.70. The number of pyridine rings is 1. The van der Waals surface area contributed by atoms with Crippen LogP contribution in [0.1, 0.15) is 31.2 Å². The van der Waals surface area contributed by atoms with E-state index in [1.807, 2.05) is 12.3 Å². The lowest BCUT2D eigenvalue weighted by atomic mass is 10.0. The van der Waals surface area contributed by atoms with Crippen LogP contribution in [0.15, 0.2) is 24.5 Å². The highest BCUT2D eigenvalue weighted by Crippen LogP contribution is 2.34. The fraction of sp³-hybridized carbons (Fsp3) is 0.583. The van der Waals surface area contributed by atoms with Crippen LogP contribution < -0.4 is 0 Å². The molecule has 0 bridgehead atoms. The van der Waals surface area contributed by atoms with Gasteiger partial charge in [0.05, 0.1) is 6.10 Å². The molecule has 1 aliphatic carbocycles. The SMILES string of the molecule is OC(CCc1cccnc1)CC1CC1. The van der Waals surface area contributed by atoms with Crippen molar-refractivity contribution in [2.45, 2.75) is 38.2 Å². The lowest BCUT2D eigenvalue weighted by Crippen LogP contribution is -2.08. The first-order valence-corrected chi connectivity index (χ1v) is 5.41. The molecule has 1 aliphatic rings. The van der Waals surface area contributed by atoms with E-state index in [0.717, 1.165) is 25.2 Å². The third-order valence-electron chi connectivity index (χ3n) is 2.79. The maximum Gasteiger partial charge on any atom is 0.0546 e. The van der Waals surface area contributed by atoms with Gasteiger partial charge in [-0.25, -0.2) is 0 Å². The number of rotatable bonds is 5. The summed E-state index contributed by atoms with van der Waals surface area (Å²) in [7, 11) is 0. The van der Waals surface area contributed by atoms with Crippen LogP contribution in [0.2, 0.25) is 0 Å². The Morgan fingerprint density at radius 2 is 2.36 bits per heavy atom. The zero-order chi connectivity index (χ0) is 9.80. The highest BCUT2D eigenvalue weighted by atomic mass is 16.3. The van der Waals surface area contributed by atoms with Crippen LogP contribution in [0.4, 0.5) is 0 Å². The van der Waals surface area contributed by atoms with E-state index >= 15 is 0 Å². The number of hydrogen-bond acceptors (Lipinski definition) is 2. The second-order valence-corrected chi connectivity index (χ2v) is 4.23. The summed E-state index contributed by atoms with van der Waals surface area (Å²) in [5.41, 5.74) is 1.22. The summed E-state index contributed by atoms with van der Waals surface area (Å²) < 4.78 is 0. The van der Waals surface area contributed by atoms with E-state index in [-0.39, 0.29) is 6.10 Å². The molecule has 1 atom stereocenters. The van der Waals surface area contributed by atoms with Gasteiger partial charge in [0.15, 0.2) is 0 Å². The Kier molecular flexibility index (Phi) is 3.14. The molecule has 0 aliphatic heterocycles. The van der Waals surface area contributed by atoms with E-state index in [0.29, 0.717) is 0 Å². The van der Waals surface area contributed by atoms with Gasteiger partial charge < -0.3 is 5.11 Å². The van der Waals surface area contributed by atoms with Crippen LogP contribution in [-0.4, -0.2) is 16.2 Å². The Morgan fingerprint density at radius 3 is 3.00 bits per heavy atom. The minimum absolute atomic E-state index is 0.109. The van der Waals surface area contributed by atoms with E-state index in [1.54, 1.807) is 6.20 Å². The Balaban J connectivity index is 1.70. The molecule has 1 fully saturated rings. The standard InChI is InChI=1S/C12H17NO/c14-12(8-10-3-4-10)6-5-11-2-1-7-13-9-11/h1-2,7,9-10,12,14H,3-6,8H2. The van der Waals surface area contributed by atoms with Crippen LogP contribution in [0.25, 0.3) is 0 Å². The number of aliphatic hydroxyl groups is 1. The van der Waals surface area contributed by atoms with Crippen molar-refractivity contribution in [1.29, 1.82) is 0 Å². The largest absolute Gasteiger partial charge is 0.393 e. The summed E-state index contributed by atoms with van der Waals surface area (Å²) in [6.07, 6.45) is 9.02. The number of aromatic nitrogens is 1. The molecule has 1 aromatic rings. The molecule has 2 rings (SSSR count). The van der Waals surface area contributed by atoms with Crippen LogP contribution in [-0.2, 0) is 6.42 Å². The molecule has 0 radical (unpaired) electrons. The lowest BCUT2D eigenvalue weighted by molar-refractivity contribution is 0.148. The number of aliphatic hydroxyl groups excluding tert-OH is 1. The smallest absolute Gasteiger partial charge is 0.0546 e. The summed E-state index contributed by atoms with van der Waals surface area (Å²) >= 11 is 0. The molecule has 0 aromatic carbocycles. The van der Waals surface area contributed by atoms with Gasteiger partial charge in [-0.3, -0.25) is 4.98 Å². The van der Waals surface area contributed by atoms with Gasteiger partial charge in [0, 0.05) is 12.4 Å². The van der Waals surface area contributed by atoms with E-state index in [1.165, 1.54) is 18.4 Å². The minimum Gasteiger partial charge on any atom is -0.393 e. The Hall–Kier alpha value is -0.890. The van der Waals surface area contributed by atoms with E-state index in [2.05, 4.69) is 11.1 Å². The number of hydrogen-bond donors (Lipinski definition) is 1. The van der Waals surface area contributed by atoms with Crippen LogP contribution in [0.5, 0.6) is 0 Å². The van der Waals surface area contributed by atoms with Crippen molar-refractivity contribution in [3.8, 4) is 0 Å². The van der Waals surface area contributed by atoms with Crippen LogP contribution in [0.3, 0.4) is 0 Å². The third kappa shape index (κ3) is 3.11. The predicted molar refractivity (Wildman–Crippen MR) is 55.9 cm³/mol. The van der Waals surface area contributed by atoms with Gasteiger partial charge in [-0.1, -0.05) is 18.9 Å². The minimum atomic E-state index is -0.109. The van der Waals surface area contributed by atoms with Crippen molar-refractivity contribution in [1.82, 2.24) is 4.98 Å². The van der Waals surface area contributed by atoms with Crippen LogP contribution in [0, 0.1) is 5.92 Å². The summed E-state index contributed by atoms with van der Waals surface area (Å²) in [5.74, 6) is 0.818. The monoisotopic (exact) mass is 191 g/mol. The molecule has 0 spiro atoms. The van der Waals surface area contributed by atoms with Crippen molar-refractivity contribution >= 4 is 0 Å². The highest BCUT2D eigenvalue weighted by Gasteiger charge is 2.24. The molecule has 1 saturated carbocycles. The second-order valence-electron chi connectivity index (χ2n) is 4.23. The fourth-order valence-electron chi connectivity index (χ4n) is 1.74. The number of nitrogens with zero attached hydrogens (tertiary/aromatic N) is 1. The molecule has 1 N–H and O–H groups in total. The van der Waals surface area contributed by atoms with E-state index in [9.17, 15) is 5.11 Å². The average Bonchev–Trinajstić information content (AvgIpc) is 3.00. The van der Waals surface area contributed by atoms with Gasteiger partial charge in [-0.05, 0) is 36.8 Å². The van der Waals surface area contributed by atoms with Gasteiger partial charge in [0.25, 0.3) is 0 Å². The van der Waals surface area contributed by atoms with Crippen molar-refractivity contribution in [2.75, 3.05) is 0 Å². The van der Waals surface area contributed by atoms with Gasteiger partial charge in [0.2, 0.25) is 0 Å². The molecule has 1 heterocycles. The molecule has 2 nitrogen and oxygen atoms in total. The van der Waals surface area contributed by atoms with Gasteiger partial charge in [0.1, 0.15) is 0 Å². The molecule has 1 aromatic heterocycles. The first kappa shape index (κ1) is 9.66. The molecular weight excluding hydrogens is 174 g/mol. The fourth-order valence-corrected chi connectivity index (χ4v) is 1.74. The molecule has 0 amide bonds. The second kappa shape index (κ2) is 4.56. The van der Waals surface area contributed by atoms with Gasteiger partial charge >= 0.3 is 0 Å². The average molecular weight is 191 g/mol. The van der Waals surface area contributed by atoms with E-state index < -0.39 is 0 Å². The lowest BCUT2D eigenvalue weighted by Gasteiger charge is -2.08. The maximum atomic E-state index is 9.70. The van der Waals surface area contributed by atoms with Crippen molar-refractivity contribution in [2.24, 2.45) is 5.92 Å². The molecular formula is C12H17NO. The molecule has 1 unspecified atom stereocenters. The third-order valence-corrected chi connectivity index (χ3v) is 2.79. The number of aryl methyl sites for hydroxylation is 1. The Labute approximate surface area is 85.0 Å². The normalized spacial score (nSPS) is 18.1. The van der Waals surface area contributed by atoms with Crippen LogP contribution >= 0.6 is 0 Å². The highest BCUT2D eigenvalue weighted by molar-refractivity contribution is 5.08. The zero-order valence-corrected chi connectivity index (χ0v) is 8.39. The van der Waals surface area contributed by atoms with Gasteiger partial charge in [-0.15, -0.1) is 0 Å². The Morgan fingerprint density at radius 1 is 1.50 bits per heavy atom. The first-order valence-electron chi connectivity index (χ1n) is 5.41. The first-order chi connectivity index (χ1) is 6.84. The van der Waals surface area contributed by atoms with E-state index in [4.69, 9.17) is 0 Å². The zero-order valence-electron chi connectivity index (χ0n) is 8.39. The summed E-state index contributed by atoms with van der Waals surface area (Å²) in [4.78, 5) is 4.05. The maximum absolute atomic E-state index is 9.70. The summed E-state index contributed by atoms with van der Waals surface area (Å²) in [6.45, 7) is 0. The molecule has 0 saturated heterocycles. The molecule has 76 valence electrons. The van der Waals surface area contributed by atoms with Crippen molar-refractivity contribution < 1.29 is 5.11 Å². The van der Waals surface area contributed by atoms with Crippen molar-refractivity contribution in [3.63, 3.8) is 0 Å². The molecule has 2 heteroatoms. The Bertz CT molecular complexity index is 269. The molecule has 14 heavy (non-hydrogen) atoms. The predicted octanol–water partition coefficient (Wildman–Crippen LogP) is 2.18. The van der Waals surface area contributed by atoms with Crippen molar-refractivity contribution in [3.05, 3.63) is 30.1 Å². The topological polar surface area (TPSA) is 33.1 Å². The summed E-state index contributed by atoms with van der Waals surface area (Å²) in [6, 6.07) is 4.01. The van der Waals surface area contributed by atoms with Gasteiger partial charge in [-0.2, -0.15) is 0 Å². The quantitative estimate of drug-likeness (QED) is 0.773.